The molecular weight excluding hydrogens is 729 g/mol. The largest absolute Gasteiger partial charge is 0.506 e. The molecule has 3 atom stereocenters. The number of nitrogens with one attached hydrogen (secondary N) is 3. The molecule has 3 aliphatic heterocycles. The minimum Gasteiger partial charge on any atom is -0.506 e. The monoisotopic (exact) mass is 779 g/mol. The summed E-state index contributed by atoms with van der Waals surface area (Å²) in [6.45, 7) is 4.64. The van der Waals surface area contributed by atoms with Gasteiger partial charge in [-0.1, -0.05) is 67.4 Å². The molecule has 0 radical (unpaired) electrons. The number of ketones is 1. The number of carbonyl (C=O) groups is 2. The van der Waals surface area contributed by atoms with E-state index >= 15 is 0 Å². The lowest BCUT2D eigenvalue weighted by molar-refractivity contribution is -0.938. The number of nitrogens with zero attached hydrogens (tertiary/aromatic N) is 1. The first-order valence-electron chi connectivity index (χ1n) is 19.7. The zero-order valence-electron chi connectivity index (χ0n) is 31.5. The number of pyridine rings is 1. The van der Waals surface area contributed by atoms with Crippen LogP contribution in [0.3, 0.4) is 0 Å². The maximum atomic E-state index is 13.5. The number of phenolic OH excluding ortho intramolecular Hbond substituents is 1. The van der Waals surface area contributed by atoms with E-state index < -0.39 is 18.2 Å². The first-order chi connectivity index (χ1) is 27.3. The number of fused-ring (bicyclic) bond motifs is 4. The van der Waals surface area contributed by atoms with Crippen LogP contribution in [0.5, 0.6) is 11.5 Å². The van der Waals surface area contributed by atoms with Crippen molar-refractivity contribution in [3.63, 3.8) is 0 Å². The number of benzene rings is 3. The van der Waals surface area contributed by atoms with Gasteiger partial charge in [-0.15, -0.1) is 11.3 Å². The van der Waals surface area contributed by atoms with Crippen molar-refractivity contribution in [1.82, 2.24) is 15.6 Å². The fourth-order valence-corrected chi connectivity index (χ4v) is 9.04. The van der Waals surface area contributed by atoms with Gasteiger partial charge in [0.15, 0.2) is 6.10 Å². The van der Waals surface area contributed by atoms with Crippen molar-refractivity contribution in [3.8, 4) is 11.5 Å². The SMILES string of the molecule is O=C(NC(c1cccc(OCCCCCCNCC(O)c2ccc(O)c3[nH]c(=O)ccc23)c1)c1cccs1)O[C@H]1C[N+]2(CC(=O)c3ccccc3)CCC1CC2. The highest BCUT2D eigenvalue weighted by atomic mass is 32.1. The number of quaternary nitrogens is 1. The van der Waals surface area contributed by atoms with Gasteiger partial charge in [0.2, 0.25) is 11.3 Å². The molecule has 2 aromatic heterocycles. The number of thiophene rings is 1. The Labute approximate surface area is 330 Å². The van der Waals surface area contributed by atoms with Crippen LogP contribution in [0.4, 0.5) is 4.79 Å². The van der Waals surface area contributed by atoms with Crippen molar-refractivity contribution >= 4 is 34.1 Å². The number of aliphatic hydroxyl groups excluding tert-OH is 1. The molecule has 5 N–H and O–H groups in total. The van der Waals surface area contributed by atoms with E-state index in [9.17, 15) is 24.6 Å². The van der Waals surface area contributed by atoms with Gasteiger partial charge in [0, 0.05) is 47.2 Å². The third-order valence-electron chi connectivity index (χ3n) is 11.3. The molecule has 0 spiro atoms. The van der Waals surface area contributed by atoms with Crippen LogP contribution in [0.1, 0.15) is 77.0 Å². The van der Waals surface area contributed by atoms with Gasteiger partial charge >= 0.3 is 6.09 Å². The number of rotatable bonds is 18. The second-order valence-electron chi connectivity index (χ2n) is 15.1. The zero-order chi connectivity index (χ0) is 38.9. The first-order valence-corrected chi connectivity index (χ1v) is 20.6. The van der Waals surface area contributed by atoms with Crippen LogP contribution in [-0.2, 0) is 4.74 Å². The predicted octanol–water partition coefficient (Wildman–Crippen LogP) is 6.87. The average Bonchev–Trinajstić information content (AvgIpc) is 3.75. The Morgan fingerprint density at radius 2 is 1.75 bits per heavy atom. The van der Waals surface area contributed by atoms with E-state index in [-0.39, 0.29) is 23.2 Å². The van der Waals surface area contributed by atoms with Crippen LogP contribution < -0.4 is 20.9 Å². The van der Waals surface area contributed by atoms with Crippen molar-refractivity contribution < 1.29 is 33.8 Å². The fourth-order valence-electron chi connectivity index (χ4n) is 8.24. The number of phenols is 1. The number of Topliss-reactive ketones (excluding diaryl/α,β-unsaturated/α-hetero) is 1. The summed E-state index contributed by atoms with van der Waals surface area (Å²) in [4.78, 5) is 42.0. The van der Waals surface area contributed by atoms with Crippen LogP contribution >= 0.6 is 11.3 Å². The van der Waals surface area contributed by atoms with Gasteiger partial charge in [0.25, 0.3) is 0 Å². The third kappa shape index (κ3) is 9.67. The van der Waals surface area contributed by atoms with Crippen LogP contribution in [0, 0.1) is 5.92 Å². The number of alkyl carbamates (subject to hydrolysis) is 1. The molecule has 3 fully saturated rings. The highest BCUT2D eigenvalue weighted by Crippen LogP contribution is 2.36. The van der Waals surface area contributed by atoms with Gasteiger partial charge in [-0.3, -0.25) is 9.59 Å². The third-order valence-corrected chi connectivity index (χ3v) is 12.2. The fraction of sp³-hybridized carbons (Fsp3) is 0.386. The summed E-state index contributed by atoms with van der Waals surface area (Å²) in [6.07, 6.45) is 4.27. The Morgan fingerprint density at radius 3 is 2.55 bits per heavy atom. The number of hydrogen-bond donors (Lipinski definition) is 5. The Morgan fingerprint density at radius 1 is 0.929 bits per heavy atom. The van der Waals surface area contributed by atoms with E-state index in [4.69, 9.17) is 9.47 Å². The molecule has 11 nitrogen and oxygen atoms in total. The number of amides is 1. The molecule has 5 aromatic rings. The van der Waals surface area contributed by atoms with Crippen molar-refractivity contribution in [1.29, 1.82) is 0 Å². The molecule has 2 unspecified atom stereocenters. The lowest BCUT2D eigenvalue weighted by Crippen LogP contribution is -2.66. The molecule has 56 heavy (non-hydrogen) atoms. The number of H-pyrrole nitrogens is 1. The van der Waals surface area contributed by atoms with E-state index in [0.717, 1.165) is 79.9 Å². The smallest absolute Gasteiger partial charge is 0.408 e. The van der Waals surface area contributed by atoms with Crippen LogP contribution in [0.2, 0.25) is 0 Å². The van der Waals surface area contributed by atoms with Crippen molar-refractivity contribution in [3.05, 3.63) is 128 Å². The van der Waals surface area contributed by atoms with Crippen molar-refractivity contribution in [2.45, 2.75) is 56.8 Å². The standard InChI is InChI=1S/C44H50N4O7S/c49-36-17-15-34(35-16-18-41(52)46-43(35)36)37(50)27-45-21-6-1-2-7-24-54-33-13-8-12-32(26-33)42(40-14-9-25-56-40)47-44(53)55-39-29-48(22-19-31(39)20-23-48)28-38(51)30-10-4-3-5-11-30/h3-5,8-18,25-26,31,37,39,42,45,50H,1-2,6-7,19-24,27-29H2,(H2-,46,47,49,52,53)/p+1/t31?,37?,39-,42?,48?/m0/s1. The Bertz CT molecular complexity index is 2130. The summed E-state index contributed by atoms with van der Waals surface area (Å²) in [7, 11) is 0. The number of aromatic nitrogens is 1. The summed E-state index contributed by atoms with van der Waals surface area (Å²) < 4.78 is 13.0. The van der Waals surface area contributed by atoms with E-state index in [1.165, 1.54) is 12.1 Å². The van der Waals surface area contributed by atoms with E-state index in [0.29, 0.717) is 53.1 Å². The number of carbonyl (C=O) groups excluding carboxylic acids is 2. The molecule has 3 aromatic carbocycles. The second kappa shape index (κ2) is 18.3. The Kier molecular flexibility index (Phi) is 12.8. The van der Waals surface area contributed by atoms with Gasteiger partial charge in [-0.05, 0) is 66.2 Å². The summed E-state index contributed by atoms with van der Waals surface area (Å²) in [6, 6.07) is 27.1. The van der Waals surface area contributed by atoms with E-state index in [1.54, 1.807) is 23.5 Å². The van der Waals surface area contributed by atoms with Gasteiger partial charge in [-0.25, -0.2) is 4.79 Å². The second-order valence-corrected chi connectivity index (χ2v) is 16.1. The highest BCUT2D eigenvalue weighted by Gasteiger charge is 2.48. The minimum atomic E-state index is -0.782. The highest BCUT2D eigenvalue weighted by molar-refractivity contribution is 7.10. The first kappa shape index (κ1) is 39.2. The maximum absolute atomic E-state index is 13.5. The quantitative estimate of drug-likeness (QED) is 0.0368. The van der Waals surface area contributed by atoms with Crippen LogP contribution in [0.25, 0.3) is 10.9 Å². The summed E-state index contributed by atoms with van der Waals surface area (Å²) in [5, 5.41) is 30.0. The van der Waals surface area contributed by atoms with Gasteiger partial charge in [0.1, 0.15) is 24.6 Å². The minimum absolute atomic E-state index is 0.0272. The van der Waals surface area contributed by atoms with Gasteiger partial charge < -0.3 is 39.8 Å². The Balaban J connectivity index is 0.851. The number of ether oxygens (including phenoxy) is 2. The molecule has 5 heterocycles. The van der Waals surface area contributed by atoms with Crippen LogP contribution in [0.15, 0.2) is 101 Å². The topological polar surface area (TPSA) is 150 Å². The summed E-state index contributed by atoms with van der Waals surface area (Å²) in [5.41, 5.74) is 2.31. The number of hydrogen-bond acceptors (Lipinski definition) is 9. The normalized spacial score (nSPS) is 20.0. The Hall–Kier alpha value is -5.01. The van der Waals surface area contributed by atoms with Gasteiger partial charge in [-0.2, -0.15) is 0 Å². The molecule has 1 amide bonds. The molecule has 294 valence electrons. The average molecular weight is 780 g/mol. The van der Waals surface area contributed by atoms with Crippen molar-refractivity contribution in [2.75, 3.05) is 45.9 Å². The van der Waals surface area contributed by atoms with Crippen molar-refractivity contribution in [2.24, 2.45) is 5.92 Å². The molecule has 2 bridgehead atoms. The number of aromatic hydroxyl groups is 1. The summed E-state index contributed by atoms with van der Waals surface area (Å²) >= 11 is 1.58. The molecular formula is C44H51N4O7S+. The number of piperidine rings is 3. The molecule has 0 saturated carbocycles. The molecule has 3 aliphatic rings. The number of unbranched alkanes of at least 4 members (excludes halogenated alkanes) is 3. The van der Waals surface area contributed by atoms with E-state index in [2.05, 4.69) is 15.6 Å². The van der Waals surface area contributed by atoms with E-state index in [1.807, 2.05) is 72.1 Å². The maximum Gasteiger partial charge on any atom is 0.408 e. The summed E-state index contributed by atoms with van der Waals surface area (Å²) in [5.74, 6) is 1.16. The number of aromatic amines is 1. The molecule has 0 aliphatic carbocycles. The lowest BCUT2D eigenvalue weighted by atomic mass is 9.83. The molecule has 3 saturated heterocycles. The predicted molar refractivity (Wildman–Crippen MR) is 217 cm³/mol. The van der Waals surface area contributed by atoms with Gasteiger partial charge in [0.05, 0.1) is 37.4 Å². The zero-order valence-corrected chi connectivity index (χ0v) is 32.3. The lowest BCUT2D eigenvalue weighted by Gasteiger charge is -2.51. The molecule has 12 heteroatoms. The number of aliphatic hydroxyl groups is 1. The van der Waals surface area contributed by atoms with Crippen LogP contribution in [-0.4, -0.2) is 83.5 Å². The molecule has 8 rings (SSSR count).